The summed E-state index contributed by atoms with van der Waals surface area (Å²) in [5.74, 6) is -0.0529. The van der Waals surface area contributed by atoms with Gasteiger partial charge in [0.2, 0.25) is 0 Å². The maximum Gasteiger partial charge on any atom is 0.351 e. The van der Waals surface area contributed by atoms with Gasteiger partial charge < -0.3 is 0 Å². The maximum atomic E-state index is 13.6. The molecule has 0 amide bonds. The van der Waals surface area contributed by atoms with Gasteiger partial charge >= 0.3 is 5.69 Å². The van der Waals surface area contributed by atoms with E-state index in [0.717, 1.165) is 22.0 Å². The highest BCUT2D eigenvalue weighted by Gasteiger charge is 2.16. The van der Waals surface area contributed by atoms with Crippen molar-refractivity contribution in [2.24, 2.45) is 0 Å². The van der Waals surface area contributed by atoms with Crippen molar-refractivity contribution in [3.63, 3.8) is 0 Å². The summed E-state index contributed by atoms with van der Waals surface area (Å²) in [5, 5.41) is 5.21. The van der Waals surface area contributed by atoms with Crippen LogP contribution in [0.25, 0.3) is 27.9 Å². The zero-order valence-electron chi connectivity index (χ0n) is 15.7. The molecule has 0 spiro atoms. The summed E-state index contributed by atoms with van der Waals surface area (Å²) in [5.41, 5.74) is 3.68. The van der Waals surface area contributed by atoms with Crippen LogP contribution in [-0.4, -0.2) is 19.2 Å². The first kappa shape index (κ1) is 17.3. The molecule has 0 saturated heterocycles. The summed E-state index contributed by atoms with van der Waals surface area (Å²) >= 11 is 0. The van der Waals surface area contributed by atoms with E-state index in [1.54, 1.807) is 16.7 Å². The molecule has 5 rings (SSSR count). The minimum atomic E-state index is -0.372. The molecule has 0 saturated carbocycles. The number of rotatable bonds is 3. The average molecular weight is 384 g/mol. The first-order valence-electron chi connectivity index (χ1n) is 9.30. The third kappa shape index (κ3) is 2.99. The quantitative estimate of drug-likeness (QED) is 0.468. The Morgan fingerprint density at radius 3 is 2.55 bits per heavy atom. The molecule has 6 heteroatoms. The molecule has 0 atom stereocenters. The normalized spacial score (nSPS) is 11.4. The second-order valence-corrected chi connectivity index (χ2v) is 7.05. The zero-order valence-corrected chi connectivity index (χ0v) is 15.7. The van der Waals surface area contributed by atoms with Crippen molar-refractivity contribution in [2.45, 2.75) is 13.5 Å². The molecule has 142 valence electrons. The SMILES string of the molecule is Cc1ccc(Cn2c(=O)n3nc(-c4cccc(F)c4)nc3c3ccccc32)cc1. The van der Waals surface area contributed by atoms with Crippen LogP contribution in [0.4, 0.5) is 4.39 Å². The summed E-state index contributed by atoms with van der Waals surface area (Å²) in [6.07, 6.45) is 0. The van der Waals surface area contributed by atoms with E-state index in [2.05, 4.69) is 10.1 Å². The fraction of sp³-hybridized carbons (Fsp3) is 0.0870. The summed E-state index contributed by atoms with van der Waals surface area (Å²) in [6.45, 7) is 2.45. The lowest BCUT2D eigenvalue weighted by Gasteiger charge is -2.11. The molecule has 0 unspecified atom stereocenters. The average Bonchev–Trinajstić information content (AvgIpc) is 3.19. The number of para-hydroxylation sites is 1. The van der Waals surface area contributed by atoms with E-state index in [0.29, 0.717) is 23.6 Å². The summed E-state index contributed by atoms with van der Waals surface area (Å²) < 4.78 is 16.6. The molecule has 0 aliphatic carbocycles. The van der Waals surface area contributed by atoms with Gasteiger partial charge in [-0.2, -0.15) is 4.52 Å². The Kier molecular flexibility index (Phi) is 3.98. The molecule has 0 fully saturated rings. The van der Waals surface area contributed by atoms with E-state index in [9.17, 15) is 9.18 Å². The fourth-order valence-corrected chi connectivity index (χ4v) is 3.51. The number of aromatic nitrogens is 4. The van der Waals surface area contributed by atoms with Crippen LogP contribution >= 0.6 is 0 Å². The van der Waals surface area contributed by atoms with E-state index in [1.807, 2.05) is 55.5 Å². The number of nitrogens with zero attached hydrogens (tertiary/aromatic N) is 4. The molecular weight excluding hydrogens is 367 g/mol. The summed E-state index contributed by atoms with van der Waals surface area (Å²) in [4.78, 5) is 17.8. The molecule has 0 aliphatic heterocycles. The van der Waals surface area contributed by atoms with E-state index < -0.39 is 0 Å². The third-order valence-electron chi connectivity index (χ3n) is 5.00. The monoisotopic (exact) mass is 384 g/mol. The fourth-order valence-electron chi connectivity index (χ4n) is 3.51. The Morgan fingerprint density at radius 1 is 0.966 bits per heavy atom. The summed E-state index contributed by atoms with van der Waals surface area (Å²) in [7, 11) is 0. The number of benzene rings is 3. The van der Waals surface area contributed by atoms with Crippen molar-refractivity contribution in [3.8, 4) is 11.4 Å². The largest absolute Gasteiger partial charge is 0.351 e. The van der Waals surface area contributed by atoms with Gasteiger partial charge in [-0.05, 0) is 36.8 Å². The lowest BCUT2D eigenvalue weighted by Crippen LogP contribution is -2.28. The maximum absolute atomic E-state index is 13.6. The minimum absolute atomic E-state index is 0.283. The molecule has 0 radical (unpaired) electrons. The standard InChI is InChI=1S/C23H17FN4O/c1-15-9-11-16(12-10-15)14-27-20-8-3-2-7-19(20)22-25-21(26-28(22)23(27)29)17-5-4-6-18(24)13-17/h2-13H,14H2,1H3. The Labute approximate surface area is 165 Å². The molecule has 5 aromatic rings. The highest BCUT2D eigenvalue weighted by molar-refractivity contribution is 5.91. The van der Waals surface area contributed by atoms with E-state index in [4.69, 9.17) is 0 Å². The van der Waals surface area contributed by atoms with Crippen LogP contribution in [0.15, 0.2) is 77.6 Å². The van der Waals surface area contributed by atoms with Crippen LogP contribution in [0, 0.1) is 12.7 Å². The van der Waals surface area contributed by atoms with Crippen LogP contribution in [-0.2, 0) is 6.54 Å². The smallest absolute Gasteiger partial charge is 0.287 e. The van der Waals surface area contributed by atoms with Gasteiger partial charge in [0.25, 0.3) is 0 Å². The van der Waals surface area contributed by atoms with Crippen molar-refractivity contribution < 1.29 is 4.39 Å². The van der Waals surface area contributed by atoms with Gasteiger partial charge in [-0.25, -0.2) is 14.2 Å². The highest BCUT2D eigenvalue weighted by Crippen LogP contribution is 2.22. The van der Waals surface area contributed by atoms with Crippen LogP contribution in [0.5, 0.6) is 0 Å². The molecular formula is C23H17FN4O. The van der Waals surface area contributed by atoms with Gasteiger partial charge in [0.15, 0.2) is 11.5 Å². The highest BCUT2D eigenvalue weighted by atomic mass is 19.1. The predicted octanol–water partition coefficient (Wildman–Crippen LogP) is 4.21. The number of aryl methyl sites for hydroxylation is 1. The van der Waals surface area contributed by atoms with Crippen molar-refractivity contribution >= 4 is 16.6 Å². The lowest BCUT2D eigenvalue weighted by molar-refractivity contribution is 0.628. The number of fused-ring (bicyclic) bond motifs is 3. The number of hydrogen-bond acceptors (Lipinski definition) is 3. The summed E-state index contributed by atoms with van der Waals surface area (Å²) in [6, 6.07) is 21.8. The van der Waals surface area contributed by atoms with Crippen LogP contribution in [0.2, 0.25) is 0 Å². The Hall–Kier alpha value is -3.80. The second-order valence-electron chi connectivity index (χ2n) is 7.05. The van der Waals surface area contributed by atoms with Gasteiger partial charge in [-0.3, -0.25) is 4.57 Å². The molecule has 5 nitrogen and oxygen atoms in total. The van der Waals surface area contributed by atoms with Crippen molar-refractivity contribution in [1.82, 2.24) is 19.2 Å². The first-order chi connectivity index (χ1) is 14.1. The van der Waals surface area contributed by atoms with Crippen molar-refractivity contribution in [2.75, 3.05) is 0 Å². The van der Waals surface area contributed by atoms with Gasteiger partial charge in [0.1, 0.15) is 5.82 Å². The van der Waals surface area contributed by atoms with Gasteiger partial charge in [-0.15, -0.1) is 5.10 Å². The molecule has 0 aliphatic rings. The van der Waals surface area contributed by atoms with Gasteiger partial charge in [0.05, 0.1) is 12.1 Å². The van der Waals surface area contributed by atoms with Gasteiger partial charge in [0, 0.05) is 10.9 Å². The van der Waals surface area contributed by atoms with Crippen LogP contribution < -0.4 is 5.69 Å². The Morgan fingerprint density at radius 2 is 1.76 bits per heavy atom. The third-order valence-corrected chi connectivity index (χ3v) is 5.00. The second kappa shape index (κ2) is 6.67. The Bertz CT molecular complexity index is 1420. The van der Waals surface area contributed by atoms with Gasteiger partial charge in [-0.1, -0.05) is 54.1 Å². The van der Waals surface area contributed by atoms with Crippen LogP contribution in [0.1, 0.15) is 11.1 Å². The predicted molar refractivity (Wildman–Crippen MR) is 110 cm³/mol. The molecule has 29 heavy (non-hydrogen) atoms. The molecule has 3 aromatic carbocycles. The van der Waals surface area contributed by atoms with E-state index >= 15 is 0 Å². The minimum Gasteiger partial charge on any atom is -0.287 e. The Balaban J connectivity index is 1.76. The topological polar surface area (TPSA) is 52.2 Å². The number of hydrogen-bond donors (Lipinski definition) is 0. The first-order valence-corrected chi connectivity index (χ1v) is 9.30. The van der Waals surface area contributed by atoms with E-state index in [1.165, 1.54) is 16.6 Å². The molecule has 0 bridgehead atoms. The van der Waals surface area contributed by atoms with Crippen LogP contribution in [0.3, 0.4) is 0 Å². The van der Waals surface area contributed by atoms with E-state index in [-0.39, 0.29) is 11.5 Å². The van der Waals surface area contributed by atoms with Crippen molar-refractivity contribution in [3.05, 3.63) is 100 Å². The van der Waals surface area contributed by atoms with Crippen molar-refractivity contribution in [1.29, 1.82) is 0 Å². The molecule has 2 aromatic heterocycles. The molecule has 0 N–H and O–H groups in total. The zero-order chi connectivity index (χ0) is 20.0. The lowest BCUT2D eigenvalue weighted by atomic mass is 10.1. The number of halogens is 1. The molecule has 2 heterocycles.